The molecule has 0 aromatic carbocycles. The first kappa shape index (κ1) is 59.2. The van der Waals surface area contributed by atoms with Crippen molar-refractivity contribution in [2.24, 2.45) is 5.73 Å². The molecular weight excluding hydrogens is 1030 g/mol. The molecule has 4 aromatic rings. The van der Waals surface area contributed by atoms with Crippen LogP contribution in [0.5, 0.6) is 0 Å². The maximum atomic E-state index is 10.4. The zero-order valence-corrected chi connectivity index (χ0v) is 40.9. The molecule has 0 aliphatic carbocycles. The second-order valence-electron chi connectivity index (χ2n) is 10.4. The van der Waals surface area contributed by atoms with Crippen LogP contribution in [0.4, 0.5) is 11.6 Å². The summed E-state index contributed by atoms with van der Waals surface area (Å²) in [5.74, 6) is 1.50. The van der Waals surface area contributed by atoms with E-state index >= 15 is 0 Å². The molecule has 3 radical (unpaired) electrons. The van der Waals surface area contributed by atoms with Crippen LogP contribution in [0.3, 0.4) is 0 Å². The molecule has 4 rings (SSSR count). The zero-order chi connectivity index (χ0) is 42.1. The van der Waals surface area contributed by atoms with Crippen molar-refractivity contribution in [2.45, 2.75) is 59.7 Å². The number of nitrogens with two attached hydrogens (primary N) is 1. The summed E-state index contributed by atoms with van der Waals surface area (Å²) in [4.78, 5) is 22.2. The monoisotopic (exact) mass is 1070 g/mol. The van der Waals surface area contributed by atoms with Crippen LogP contribution < -0.4 is 21.1 Å². The summed E-state index contributed by atoms with van der Waals surface area (Å²) in [5.41, 5.74) is 12.1. The molecule has 22 heteroatoms. The van der Waals surface area contributed by atoms with Gasteiger partial charge in [0.05, 0.1) is 34.9 Å². The van der Waals surface area contributed by atoms with Gasteiger partial charge in [-0.05, 0) is 104 Å². The van der Waals surface area contributed by atoms with E-state index in [9.17, 15) is 9.36 Å². The van der Waals surface area contributed by atoms with Crippen molar-refractivity contribution in [3.8, 4) is 18.2 Å². The molecule has 13 nitrogen and oxygen atoms in total. The number of carbonyl (C=O) groups is 1. The smallest absolute Gasteiger partial charge is 0 e. The van der Waals surface area contributed by atoms with E-state index < -0.39 is 27.4 Å². The van der Waals surface area contributed by atoms with Crippen LogP contribution in [0.25, 0.3) is 0 Å². The molecule has 0 saturated carbocycles. The molecule has 5 N–H and O–H groups in total. The van der Waals surface area contributed by atoms with E-state index in [1.54, 1.807) is 42.7 Å². The van der Waals surface area contributed by atoms with Gasteiger partial charge < -0.3 is 16.4 Å². The van der Waals surface area contributed by atoms with Gasteiger partial charge in [0.15, 0.2) is 0 Å². The first-order chi connectivity index (χ1) is 25.2. The summed E-state index contributed by atoms with van der Waals surface area (Å²) < 4.78 is 16.5. The SMILES string of the molecule is CC(C)N.CC(C)Nc1cc(C#N)ccn1.CC(C)Nc1cc(C=O)ccn1.N#Cc1cc[n+](O)cc1.N#Cc1ccnc(Cl)c1.O=P(Cl)(Cl)Cl.[2H][IH][B].[AlH2].[Pd]. The molecule has 0 unspecified atom stereocenters. The Morgan fingerprint density at radius 1 is 0.855 bits per heavy atom. The normalized spacial score (nSPS) is 9.11. The number of aldehydes is 1. The molecule has 0 spiro atoms. The second kappa shape index (κ2) is 38.4. The summed E-state index contributed by atoms with van der Waals surface area (Å²) in [6.07, 6.45) is 8.36. The molecule has 0 fully saturated rings. The fourth-order valence-electron chi connectivity index (χ4n) is 2.73. The summed E-state index contributed by atoms with van der Waals surface area (Å²) >= 11 is 18.5. The minimum Gasteiger partial charge on any atom is 0 e. The first-order valence-electron chi connectivity index (χ1n) is 15.3. The standard InChI is InChI=1S/C9H11N3.C9H12N2O.C6H3ClN2.C6H5N2O.C3H9N.Al.BH2I.Cl3OP.Pd.2H/c1-7(2)12-9-5-8(6-10)3-4-11-9;1-7(2)11-9-5-8(6-12)3-4-10-9;7-6-3-5(4-8)1-2-9-6;7-5-6-1-3-8(9)4-2-6;1-3(2)4;;1-2;1-5(2,3)4;;;/h3-5,7H,1-2H3,(H,11,12);3-7H,1-2H3,(H,10,11);1-3H;1-4,9H;3H,4H2,1-2H3;;2H2;;;;/q;;;+1;;;;;;;/i;;;;;;2D;;;;. The van der Waals surface area contributed by atoms with Crippen LogP contribution >= 0.6 is 72.7 Å². The third-order valence-electron chi connectivity index (χ3n) is 4.48. The number of anilines is 2. The number of carbonyl (C=O) groups excluding carboxylic acids is 1. The van der Waals surface area contributed by atoms with E-state index in [0.717, 1.165) is 22.7 Å². The minimum atomic E-state index is -3.22. The van der Waals surface area contributed by atoms with Gasteiger partial charge in [0, 0.05) is 73.5 Å². The Morgan fingerprint density at radius 3 is 1.56 bits per heavy atom. The van der Waals surface area contributed by atoms with Gasteiger partial charge in [-0.2, -0.15) is 15.8 Å². The fraction of sp³-hybridized carbons (Fsp3) is 0.273. The largest absolute Gasteiger partial charge is 0.146 e. The molecular formula is C33H44AlBCl4IN10O3PPd+. The molecule has 0 aliphatic heterocycles. The van der Waals surface area contributed by atoms with Crippen LogP contribution in [0.1, 0.15) is 68.6 Å². The van der Waals surface area contributed by atoms with Crippen molar-refractivity contribution >= 4 is 114 Å². The first-order valence-corrected chi connectivity index (χ1v) is 21.1. The number of hydrogen-bond donors (Lipinski definition) is 4. The molecule has 0 bridgehead atoms. The molecule has 4 aromatic heterocycles. The molecule has 0 saturated heterocycles. The topological polar surface area (TPSA) is 218 Å². The van der Waals surface area contributed by atoms with Gasteiger partial charge in [-0.1, -0.05) is 25.4 Å². The van der Waals surface area contributed by atoms with E-state index in [0.29, 0.717) is 45.5 Å². The Balaban J connectivity index is -0.000000187. The number of pyridine rings is 4. The second-order valence-corrected chi connectivity index (χ2v) is 17.5. The van der Waals surface area contributed by atoms with Crippen molar-refractivity contribution in [3.63, 3.8) is 0 Å². The molecule has 0 atom stereocenters. The molecule has 0 amide bonds. The Kier molecular flexibility index (Phi) is 41.3. The fourth-order valence-corrected chi connectivity index (χ4v) is 2.91. The van der Waals surface area contributed by atoms with E-state index in [-0.39, 0.29) is 37.8 Å². The van der Waals surface area contributed by atoms with Crippen molar-refractivity contribution in [1.82, 2.24) is 15.0 Å². The Morgan fingerprint density at radius 2 is 1.22 bits per heavy atom. The van der Waals surface area contributed by atoms with Crippen LogP contribution in [-0.4, -0.2) is 68.2 Å². The Bertz CT molecular complexity index is 1800. The maximum absolute atomic E-state index is 10.4. The third kappa shape index (κ3) is 44.1. The van der Waals surface area contributed by atoms with Crippen molar-refractivity contribution in [1.29, 1.82) is 16.4 Å². The van der Waals surface area contributed by atoms with Gasteiger partial charge in [-0.25, -0.2) is 15.0 Å². The number of aromatic nitrogens is 4. The maximum Gasteiger partial charge on any atom is 0.146 e. The molecule has 4 heterocycles. The van der Waals surface area contributed by atoms with E-state index in [2.05, 4.69) is 71.1 Å². The minimum absolute atomic E-state index is 0. The van der Waals surface area contributed by atoms with Gasteiger partial charge in [-0.15, -0.1) is 0 Å². The van der Waals surface area contributed by atoms with Gasteiger partial charge in [0.25, 0.3) is 0 Å². The van der Waals surface area contributed by atoms with Crippen LogP contribution in [0.2, 0.25) is 5.15 Å². The number of nitrogens with zero attached hydrogens (tertiary/aromatic N) is 7. The van der Waals surface area contributed by atoms with Crippen molar-refractivity contribution in [2.75, 3.05) is 10.6 Å². The van der Waals surface area contributed by atoms with E-state index in [1.165, 1.54) is 36.8 Å². The summed E-state index contributed by atoms with van der Waals surface area (Å²) in [7, 11) is 0. The zero-order valence-electron chi connectivity index (χ0n) is 32.0. The molecule has 0 aliphatic rings. The van der Waals surface area contributed by atoms with Gasteiger partial charge in [0.2, 0.25) is 12.4 Å². The Hall–Kier alpha value is -2.52. The van der Waals surface area contributed by atoms with Crippen LogP contribution in [0.15, 0.2) is 79.5 Å². The predicted octanol–water partition coefficient (Wildman–Crippen LogP) is 7.39. The number of rotatable bonds is 5. The summed E-state index contributed by atoms with van der Waals surface area (Å²) in [5, 5.41) is 37.2. The van der Waals surface area contributed by atoms with Gasteiger partial charge in [0.1, 0.15) is 40.4 Å². The average Bonchev–Trinajstić information content (AvgIpc) is 3.08. The Labute approximate surface area is 382 Å². The number of nitrogens with one attached hydrogen (secondary N) is 2. The number of nitriles is 3. The van der Waals surface area contributed by atoms with Crippen LogP contribution in [-0.2, 0) is 25.0 Å². The van der Waals surface area contributed by atoms with Gasteiger partial charge in [-0.3, -0.25) is 14.6 Å². The molecule has 55 heavy (non-hydrogen) atoms. The van der Waals surface area contributed by atoms with E-state index in [4.69, 9.17) is 38.9 Å². The van der Waals surface area contributed by atoms with E-state index in [1.807, 2.05) is 53.7 Å². The van der Waals surface area contributed by atoms with Crippen molar-refractivity contribution in [3.05, 3.63) is 107 Å². The van der Waals surface area contributed by atoms with Crippen molar-refractivity contribution < 1.29 is 39.7 Å². The third-order valence-corrected chi connectivity index (χ3v) is 4.69. The summed E-state index contributed by atoms with van der Waals surface area (Å²) in [6, 6.07) is 19.9. The average molecular weight is 1070 g/mol. The summed E-state index contributed by atoms with van der Waals surface area (Å²) in [6.45, 7) is 12.0. The predicted molar refractivity (Wildman–Crippen MR) is 234 cm³/mol. The number of halogens is 5. The van der Waals surface area contributed by atoms with Crippen LogP contribution in [0, 0.1) is 34.0 Å². The number of hydrogen-bond acceptors (Lipinski definition) is 12. The van der Waals surface area contributed by atoms with Gasteiger partial charge >= 0.3 is 33.7 Å². The quantitative estimate of drug-likeness (QED) is 0.0293. The molecule has 299 valence electrons.